The van der Waals surface area contributed by atoms with Crippen LogP contribution in [0, 0.1) is 0 Å². The van der Waals surface area contributed by atoms with Gasteiger partial charge in [0.25, 0.3) is 5.91 Å². The van der Waals surface area contributed by atoms with Crippen LogP contribution < -0.4 is 10.5 Å². The van der Waals surface area contributed by atoms with Crippen molar-refractivity contribution in [1.82, 2.24) is 10.5 Å². The number of carbonyl (C=O) groups is 1. The van der Waals surface area contributed by atoms with E-state index < -0.39 is 0 Å². The Kier molecular flexibility index (Phi) is 4.79. The second-order valence-electron chi connectivity index (χ2n) is 2.93. The summed E-state index contributed by atoms with van der Waals surface area (Å²) in [5.41, 5.74) is 0.688. The van der Waals surface area contributed by atoms with Crippen LogP contribution in [0.15, 0.2) is 30.3 Å². The van der Waals surface area contributed by atoms with Crippen LogP contribution in [0.25, 0.3) is 0 Å². The Morgan fingerprint density at radius 3 is 2.57 bits per heavy atom. The third-order valence-electron chi connectivity index (χ3n) is 1.82. The van der Waals surface area contributed by atoms with Crippen molar-refractivity contribution >= 4 is 13.9 Å². The van der Waals surface area contributed by atoms with E-state index in [1.807, 2.05) is 18.2 Å². The van der Waals surface area contributed by atoms with E-state index in [9.17, 15) is 4.79 Å². The molecule has 0 saturated carbocycles. The minimum Gasteiger partial charge on any atom is -0.366 e. The molecule has 2 N–H and O–H groups in total. The summed E-state index contributed by atoms with van der Waals surface area (Å²) in [7, 11) is 5.09. The lowest BCUT2D eigenvalue weighted by molar-refractivity contribution is 0.0953. The van der Waals surface area contributed by atoms with E-state index in [-0.39, 0.29) is 5.91 Å². The first-order chi connectivity index (χ1) is 6.84. The Balaban J connectivity index is 2.29. The zero-order chi connectivity index (χ0) is 10.2. The molecule has 72 valence electrons. The van der Waals surface area contributed by atoms with Crippen molar-refractivity contribution in [3.63, 3.8) is 0 Å². The lowest BCUT2D eigenvalue weighted by Crippen LogP contribution is -2.26. The summed E-state index contributed by atoms with van der Waals surface area (Å²) in [5.74, 6) is -0.0392. The Morgan fingerprint density at radius 2 is 1.93 bits per heavy atom. The van der Waals surface area contributed by atoms with E-state index >= 15 is 0 Å². The van der Waals surface area contributed by atoms with E-state index in [2.05, 4.69) is 10.5 Å². The quantitative estimate of drug-likeness (QED) is 0.521. The van der Waals surface area contributed by atoms with Crippen molar-refractivity contribution in [2.45, 2.75) is 6.42 Å². The molecule has 2 radical (unpaired) electrons. The molecular formula is C10H13BN2O. The van der Waals surface area contributed by atoms with Crippen LogP contribution in [0.1, 0.15) is 16.8 Å². The van der Waals surface area contributed by atoms with Crippen LogP contribution in [-0.4, -0.2) is 27.0 Å². The molecule has 0 atom stereocenters. The molecule has 0 aliphatic rings. The van der Waals surface area contributed by atoms with Gasteiger partial charge >= 0.3 is 0 Å². The number of hydrogen-bond donors (Lipinski definition) is 2. The number of hydrogen-bond acceptors (Lipinski definition) is 2. The van der Waals surface area contributed by atoms with Gasteiger partial charge in [-0.15, -0.1) is 0 Å². The smallest absolute Gasteiger partial charge is 0.251 e. The molecule has 0 bridgehead atoms. The van der Waals surface area contributed by atoms with Gasteiger partial charge in [0.1, 0.15) is 0 Å². The van der Waals surface area contributed by atoms with E-state index in [0.717, 1.165) is 6.42 Å². The summed E-state index contributed by atoms with van der Waals surface area (Å²) in [6.45, 7) is 1.34. The van der Waals surface area contributed by atoms with Gasteiger partial charge in [-0.25, -0.2) is 0 Å². The molecule has 14 heavy (non-hydrogen) atoms. The molecule has 4 heteroatoms. The molecular weight excluding hydrogens is 175 g/mol. The maximum Gasteiger partial charge on any atom is 0.251 e. The predicted molar refractivity (Wildman–Crippen MR) is 57.1 cm³/mol. The first kappa shape index (κ1) is 10.8. The van der Waals surface area contributed by atoms with E-state index in [1.54, 1.807) is 12.1 Å². The molecule has 1 rings (SSSR count). The largest absolute Gasteiger partial charge is 0.366 e. The fourth-order valence-electron chi connectivity index (χ4n) is 1.08. The fraction of sp³-hybridized carbons (Fsp3) is 0.300. The average molecular weight is 188 g/mol. The summed E-state index contributed by atoms with van der Waals surface area (Å²) < 4.78 is 0. The highest BCUT2D eigenvalue weighted by molar-refractivity contribution is 6.04. The zero-order valence-corrected chi connectivity index (χ0v) is 7.99. The summed E-state index contributed by atoms with van der Waals surface area (Å²) in [6, 6.07) is 9.15. The summed E-state index contributed by atoms with van der Waals surface area (Å²) in [5, 5.41) is 5.33. The molecule has 0 fully saturated rings. The Bertz CT molecular complexity index is 277. The Hall–Kier alpha value is -1.29. The molecule has 0 aromatic heterocycles. The van der Waals surface area contributed by atoms with Gasteiger partial charge in [0.2, 0.25) is 0 Å². The summed E-state index contributed by atoms with van der Waals surface area (Å²) in [6.07, 6.45) is 0.828. The van der Waals surface area contributed by atoms with Crippen LogP contribution in [0.5, 0.6) is 0 Å². The minimum absolute atomic E-state index is 0.0392. The number of carbonyl (C=O) groups excluding carboxylic acids is 1. The molecule has 3 nitrogen and oxygen atoms in total. The van der Waals surface area contributed by atoms with Gasteiger partial charge in [-0.1, -0.05) is 18.2 Å². The molecule has 0 saturated heterocycles. The van der Waals surface area contributed by atoms with Gasteiger partial charge in [-0.3, -0.25) is 4.79 Å². The standard InChI is InChI=1S/C10H13BN2O/c11-13-8-4-7-12-10(14)9-5-2-1-3-6-9/h1-3,5-6,13H,4,7-8H2,(H,12,14). The molecule has 0 aliphatic carbocycles. The SMILES string of the molecule is [B]NCCCNC(=O)c1ccccc1. The van der Waals surface area contributed by atoms with E-state index in [4.69, 9.17) is 7.98 Å². The number of amides is 1. The van der Waals surface area contributed by atoms with E-state index in [0.29, 0.717) is 18.7 Å². The van der Waals surface area contributed by atoms with Crippen LogP contribution in [0.2, 0.25) is 0 Å². The maximum absolute atomic E-state index is 11.4. The van der Waals surface area contributed by atoms with Crippen molar-refractivity contribution in [3.8, 4) is 0 Å². The highest BCUT2D eigenvalue weighted by Crippen LogP contribution is 1.97. The number of benzene rings is 1. The first-order valence-electron chi connectivity index (χ1n) is 4.61. The molecule has 0 aliphatic heterocycles. The van der Waals surface area contributed by atoms with Gasteiger partial charge < -0.3 is 10.5 Å². The van der Waals surface area contributed by atoms with Crippen molar-refractivity contribution in [2.75, 3.05) is 13.1 Å². The normalized spacial score (nSPS) is 9.71. The predicted octanol–water partition coefficient (Wildman–Crippen LogP) is 0.480. The Labute approximate surface area is 85.3 Å². The third kappa shape index (κ3) is 3.62. The molecule has 1 aromatic carbocycles. The highest BCUT2D eigenvalue weighted by atomic mass is 16.1. The van der Waals surface area contributed by atoms with Gasteiger partial charge in [0, 0.05) is 12.1 Å². The molecule has 1 amide bonds. The topological polar surface area (TPSA) is 41.1 Å². The first-order valence-corrected chi connectivity index (χ1v) is 4.61. The van der Waals surface area contributed by atoms with Crippen LogP contribution in [0.4, 0.5) is 0 Å². The number of rotatable bonds is 5. The van der Waals surface area contributed by atoms with Gasteiger partial charge in [0.15, 0.2) is 7.98 Å². The van der Waals surface area contributed by atoms with Gasteiger partial charge in [0.05, 0.1) is 0 Å². The van der Waals surface area contributed by atoms with Crippen LogP contribution in [0.3, 0.4) is 0 Å². The molecule has 0 heterocycles. The number of nitrogens with one attached hydrogen (secondary N) is 2. The molecule has 1 aromatic rings. The third-order valence-corrected chi connectivity index (χ3v) is 1.82. The van der Waals surface area contributed by atoms with E-state index in [1.165, 1.54) is 0 Å². The van der Waals surface area contributed by atoms with Crippen molar-refractivity contribution < 1.29 is 4.79 Å². The van der Waals surface area contributed by atoms with Crippen molar-refractivity contribution in [3.05, 3.63) is 35.9 Å². The molecule has 0 spiro atoms. The fourth-order valence-corrected chi connectivity index (χ4v) is 1.08. The van der Waals surface area contributed by atoms with Crippen LogP contribution in [-0.2, 0) is 0 Å². The van der Waals surface area contributed by atoms with Crippen molar-refractivity contribution in [2.24, 2.45) is 0 Å². The highest BCUT2D eigenvalue weighted by Gasteiger charge is 2.01. The minimum atomic E-state index is -0.0392. The monoisotopic (exact) mass is 188 g/mol. The average Bonchev–Trinajstić information content (AvgIpc) is 2.25. The lowest BCUT2D eigenvalue weighted by Gasteiger charge is -2.04. The lowest BCUT2D eigenvalue weighted by atomic mass is 10.2. The van der Waals surface area contributed by atoms with Gasteiger partial charge in [-0.2, -0.15) is 0 Å². The van der Waals surface area contributed by atoms with Gasteiger partial charge in [-0.05, 0) is 25.1 Å². The summed E-state index contributed by atoms with van der Waals surface area (Å²) >= 11 is 0. The van der Waals surface area contributed by atoms with Crippen molar-refractivity contribution in [1.29, 1.82) is 0 Å². The molecule has 0 unspecified atom stereocenters. The van der Waals surface area contributed by atoms with Crippen LogP contribution >= 0.6 is 0 Å². The Morgan fingerprint density at radius 1 is 1.21 bits per heavy atom. The summed E-state index contributed by atoms with van der Waals surface area (Å²) in [4.78, 5) is 11.4. The maximum atomic E-state index is 11.4. The second-order valence-corrected chi connectivity index (χ2v) is 2.93. The zero-order valence-electron chi connectivity index (χ0n) is 7.99. The second kappa shape index (κ2) is 6.21.